The summed E-state index contributed by atoms with van der Waals surface area (Å²) in [7, 11) is 0. The third-order valence-electron chi connectivity index (χ3n) is 4.42. The number of pyridine rings is 1. The second-order valence-corrected chi connectivity index (χ2v) is 7.67. The lowest BCUT2D eigenvalue weighted by atomic mass is 10.1. The Kier molecular flexibility index (Phi) is 7.58. The number of hydrogen-bond acceptors (Lipinski definition) is 5. The number of nitrogens with zero attached hydrogens (tertiary/aromatic N) is 4. The Labute approximate surface area is 175 Å². The number of rotatable bonds is 10. The molecule has 1 atom stereocenters. The van der Waals surface area contributed by atoms with E-state index < -0.39 is 0 Å². The average molecular weight is 408 g/mol. The van der Waals surface area contributed by atoms with Crippen LogP contribution in [0.1, 0.15) is 18.9 Å². The van der Waals surface area contributed by atoms with E-state index in [0.717, 1.165) is 24.2 Å². The number of hydrogen-bond donors (Lipinski definition) is 1. The molecule has 1 amide bonds. The molecule has 0 radical (unpaired) electrons. The first-order valence-electron chi connectivity index (χ1n) is 9.58. The predicted molar refractivity (Wildman–Crippen MR) is 117 cm³/mol. The third-order valence-corrected chi connectivity index (χ3v) is 5.38. The predicted octanol–water partition coefficient (Wildman–Crippen LogP) is 3.76. The molecule has 0 saturated carbocycles. The molecule has 0 spiro atoms. The summed E-state index contributed by atoms with van der Waals surface area (Å²) in [6.07, 6.45) is 7.08. The molecule has 3 rings (SSSR count). The molecular formula is C22H25N5OS. The van der Waals surface area contributed by atoms with E-state index in [2.05, 4.69) is 39.2 Å². The van der Waals surface area contributed by atoms with Crippen molar-refractivity contribution in [2.24, 2.45) is 0 Å². The maximum Gasteiger partial charge on any atom is 0.230 e. The highest BCUT2D eigenvalue weighted by Gasteiger charge is 2.15. The zero-order valence-electron chi connectivity index (χ0n) is 16.5. The highest BCUT2D eigenvalue weighted by Crippen LogP contribution is 2.23. The van der Waals surface area contributed by atoms with Crippen molar-refractivity contribution in [3.63, 3.8) is 0 Å². The smallest absolute Gasteiger partial charge is 0.230 e. The summed E-state index contributed by atoms with van der Waals surface area (Å²) < 4.78 is 1.96. The molecule has 0 aliphatic heterocycles. The van der Waals surface area contributed by atoms with Gasteiger partial charge in [0.05, 0.1) is 5.75 Å². The number of nitrogens with one attached hydrogen (secondary N) is 1. The van der Waals surface area contributed by atoms with Gasteiger partial charge in [0.1, 0.15) is 0 Å². The molecule has 0 fully saturated rings. The quantitative estimate of drug-likeness (QED) is 0.409. The second kappa shape index (κ2) is 10.6. The molecule has 7 heteroatoms. The van der Waals surface area contributed by atoms with Crippen LogP contribution in [0.5, 0.6) is 0 Å². The standard InChI is InChI=1S/C22H25N5OS/c1-3-15-27-21(19-11-13-23-14-12-19)25-26-22(27)29-16-20(28)24-17(2)9-10-18-7-5-4-6-8-18/h3-8,11-14,17H,1,9-10,15-16H2,2H3,(H,24,28). The van der Waals surface area contributed by atoms with Crippen LogP contribution in [0.2, 0.25) is 0 Å². The number of allylic oxidation sites excluding steroid dienone is 1. The van der Waals surface area contributed by atoms with Crippen molar-refractivity contribution in [2.45, 2.75) is 37.5 Å². The Morgan fingerprint density at radius 3 is 2.69 bits per heavy atom. The molecule has 0 aliphatic carbocycles. The van der Waals surface area contributed by atoms with Crippen molar-refractivity contribution in [1.29, 1.82) is 0 Å². The first kappa shape index (κ1) is 20.8. The summed E-state index contributed by atoms with van der Waals surface area (Å²) in [5, 5.41) is 12.3. The molecule has 2 heterocycles. The average Bonchev–Trinajstić information content (AvgIpc) is 3.15. The van der Waals surface area contributed by atoms with Gasteiger partial charge in [-0.1, -0.05) is 48.2 Å². The van der Waals surface area contributed by atoms with Crippen LogP contribution < -0.4 is 5.32 Å². The summed E-state index contributed by atoms with van der Waals surface area (Å²) in [6, 6.07) is 14.2. The molecule has 0 bridgehead atoms. The lowest BCUT2D eigenvalue weighted by Crippen LogP contribution is -2.34. The van der Waals surface area contributed by atoms with Gasteiger partial charge in [0.2, 0.25) is 5.91 Å². The molecule has 0 aliphatic rings. The highest BCUT2D eigenvalue weighted by atomic mass is 32.2. The maximum absolute atomic E-state index is 12.4. The maximum atomic E-state index is 12.4. The fourth-order valence-electron chi connectivity index (χ4n) is 2.95. The molecule has 2 aromatic heterocycles. The summed E-state index contributed by atoms with van der Waals surface area (Å²) in [5.74, 6) is 1.03. The van der Waals surface area contributed by atoms with Crippen molar-refractivity contribution in [2.75, 3.05) is 5.75 Å². The van der Waals surface area contributed by atoms with E-state index in [1.165, 1.54) is 17.3 Å². The van der Waals surface area contributed by atoms with E-state index in [0.29, 0.717) is 17.5 Å². The molecule has 150 valence electrons. The van der Waals surface area contributed by atoms with Gasteiger partial charge in [-0.15, -0.1) is 16.8 Å². The summed E-state index contributed by atoms with van der Waals surface area (Å²) in [4.78, 5) is 16.4. The summed E-state index contributed by atoms with van der Waals surface area (Å²) >= 11 is 1.38. The number of aromatic nitrogens is 4. The second-order valence-electron chi connectivity index (χ2n) is 6.72. The SMILES string of the molecule is C=CCn1c(SCC(=O)NC(C)CCc2ccccc2)nnc1-c1ccncc1. The lowest BCUT2D eigenvalue weighted by molar-refractivity contribution is -0.119. The number of carbonyl (C=O) groups is 1. The zero-order valence-corrected chi connectivity index (χ0v) is 17.3. The van der Waals surface area contributed by atoms with Crippen molar-refractivity contribution < 1.29 is 4.79 Å². The van der Waals surface area contributed by atoms with Crippen LogP contribution >= 0.6 is 11.8 Å². The van der Waals surface area contributed by atoms with E-state index in [9.17, 15) is 4.79 Å². The molecule has 1 N–H and O–H groups in total. The molecule has 0 saturated heterocycles. The number of benzene rings is 1. The van der Waals surface area contributed by atoms with Gasteiger partial charge < -0.3 is 5.32 Å². The van der Waals surface area contributed by atoms with E-state index in [4.69, 9.17) is 0 Å². The normalized spacial score (nSPS) is 11.8. The van der Waals surface area contributed by atoms with Crippen molar-refractivity contribution in [1.82, 2.24) is 25.1 Å². The Morgan fingerprint density at radius 1 is 1.21 bits per heavy atom. The van der Waals surface area contributed by atoms with Crippen LogP contribution in [0, 0.1) is 0 Å². The fourth-order valence-corrected chi connectivity index (χ4v) is 3.71. The highest BCUT2D eigenvalue weighted by molar-refractivity contribution is 7.99. The Bertz CT molecular complexity index is 927. The van der Waals surface area contributed by atoms with Crippen LogP contribution in [0.15, 0.2) is 72.7 Å². The zero-order chi connectivity index (χ0) is 20.5. The van der Waals surface area contributed by atoms with Gasteiger partial charge in [-0.25, -0.2) is 0 Å². The van der Waals surface area contributed by atoms with Gasteiger partial charge in [0, 0.05) is 30.5 Å². The first-order valence-corrected chi connectivity index (χ1v) is 10.6. The Morgan fingerprint density at radius 2 is 1.97 bits per heavy atom. The number of thioether (sulfide) groups is 1. The monoisotopic (exact) mass is 407 g/mol. The molecule has 1 unspecified atom stereocenters. The molecule has 29 heavy (non-hydrogen) atoms. The van der Waals surface area contributed by atoms with E-state index in [1.54, 1.807) is 18.5 Å². The van der Waals surface area contributed by atoms with Crippen LogP contribution in [0.4, 0.5) is 0 Å². The Hall–Kier alpha value is -2.93. The fraction of sp³-hybridized carbons (Fsp3) is 0.273. The minimum Gasteiger partial charge on any atom is -0.353 e. The van der Waals surface area contributed by atoms with Gasteiger partial charge in [-0.3, -0.25) is 14.3 Å². The molecule has 6 nitrogen and oxygen atoms in total. The van der Waals surface area contributed by atoms with E-state index in [-0.39, 0.29) is 11.9 Å². The van der Waals surface area contributed by atoms with Gasteiger partial charge in [0.25, 0.3) is 0 Å². The van der Waals surface area contributed by atoms with Crippen LogP contribution in [0.3, 0.4) is 0 Å². The number of carbonyl (C=O) groups excluding carboxylic acids is 1. The number of amides is 1. The van der Waals surface area contributed by atoms with Crippen LogP contribution in [-0.2, 0) is 17.8 Å². The lowest BCUT2D eigenvalue weighted by Gasteiger charge is -2.14. The first-order chi connectivity index (χ1) is 14.2. The van der Waals surface area contributed by atoms with Crippen LogP contribution in [-0.4, -0.2) is 37.5 Å². The van der Waals surface area contributed by atoms with Crippen molar-refractivity contribution in [3.8, 4) is 11.4 Å². The molecule has 1 aromatic carbocycles. The third kappa shape index (κ3) is 6.02. The minimum atomic E-state index is -0.00539. The van der Waals surface area contributed by atoms with Gasteiger partial charge in [-0.05, 0) is 37.5 Å². The largest absolute Gasteiger partial charge is 0.353 e. The van der Waals surface area contributed by atoms with Gasteiger partial charge in [-0.2, -0.15) is 0 Å². The van der Waals surface area contributed by atoms with Gasteiger partial charge in [0.15, 0.2) is 11.0 Å². The van der Waals surface area contributed by atoms with E-state index in [1.807, 2.05) is 41.8 Å². The Balaban J connectivity index is 1.54. The van der Waals surface area contributed by atoms with Crippen molar-refractivity contribution in [3.05, 3.63) is 73.1 Å². The summed E-state index contributed by atoms with van der Waals surface area (Å²) in [6.45, 7) is 6.42. The number of aryl methyl sites for hydroxylation is 1. The molecular weight excluding hydrogens is 382 g/mol. The van der Waals surface area contributed by atoms with Crippen LogP contribution in [0.25, 0.3) is 11.4 Å². The van der Waals surface area contributed by atoms with Crippen molar-refractivity contribution >= 4 is 17.7 Å². The van der Waals surface area contributed by atoms with Gasteiger partial charge >= 0.3 is 0 Å². The summed E-state index contributed by atoms with van der Waals surface area (Å²) in [5.41, 5.74) is 2.21. The topological polar surface area (TPSA) is 72.7 Å². The molecule has 3 aromatic rings. The minimum absolute atomic E-state index is 0.00539. The van der Waals surface area contributed by atoms with E-state index >= 15 is 0 Å².